The Morgan fingerprint density at radius 1 is 1.15 bits per heavy atom. The molecule has 0 aliphatic carbocycles. The molecule has 0 fully saturated rings. The standard InChI is InChI=1S/C19H20ClF3N2O/c1-13(2)25(11-14-6-4-3-5-7-14)12-18(26)24-17-10-15(19(21,22)23)8-9-16(17)20/h3-10,13H,11-12H2,1-2H3,(H,24,26). The van der Waals surface area contributed by atoms with Crippen LogP contribution in [0.1, 0.15) is 25.0 Å². The van der Waals surface area contributed by atoms with Gasteiger partial charge in [0.15, 0.2) is 0 Å². The van der Waals surface area contributed by atoms with E-state index in [0.29, 0.717) is 6.54 Å². The Hall–Kier alpha value is -2.05. The second-order valence-corrected chi connectivity index (χ2v) is 6.63. The lowest BCUT2D eigenvalue weighted by molar-refractivity contribution is -0.137. The molecular weight excluding hydrogens is 365 g/mol. The van der Waals surface area contributed by atoms with Gasteiger partial charge in [-0.25, -0.2) is 0 Å². The molecular formula is C19H20ClF3N2O. The fourth-order valence-corrected chi connectivity index (χ4v) is 2.58. The van der Waals surface area contributed by atoms with Gasteiger partial charge in [0, 0.05) is 12.6 Å². The van der Waals surface area contributed by atoms with E-state index in [2.05, 4.69) is 5.32 Å². The molecule has 140 valence electrons. The predicted molar refractivity (Wildman–Crippen MR) is 97.1 cm³/mol. The highest BCUT2D eigenvalue weighted by Crippen LogP contribution is 2.33. The summed E-state index contributed by atoms with van der Waals surface area (Å²) in [7, 11) is 0. The number of nitrogens with zero attached hydrogens (tertiary/aromatic N) is 1. The van der Waals surface area contributed by atoms with E-state index in [0.717, 1.165) is 23.8 Å². The van der Waals surface area contributed by atoms with Gasteiger partial charge < -0.3 is 5.32 Å². The van der Waals surface area contributed by atoms with Crippen LogP contribution in [0.5, 0.6) is 0 Å². The first-order valence-corrected chi connectivity index (χ1v) is 8.49. The van der Waals surface area contributed by atoms with Crippen LogP contribution in [0.2, 0.25) is 5.02 Å². The Morgan fingerprint density at radius 2 is 1.81 bits per heavy atom. The zero-order valence-corrected chi connectivity index (χ0v) is 15.2. The number of hydrogen-bond donors (Lipinski definition) is 1. The van der Waals surface area contributed by atoms with Gasteiger partial charge >= 0.3 is 6.18 Å². The Kier molecular flexibility index (Phi) is 6.67. The average Bonchev–Trinajstić information content (AvgIpc) is 2.56. The molecule has 0 radical (unpaired) electrons. The van der Waals surface area contributed by atoms with Crippen molar-refractivity contribution in [3.63, 3.8) is 0 Å². The number of carbonyl (C=O) groups excluding carboxylic acids is 1. The molecule has 1 N–H and O–H groups in total. The van der Waals surface area contributed by atoms with E-state index < -0.39 is 17.6 Å². The molecule has 0 aliphatic heterocycles. The summed E-state index contributed by atoms with van der Waals surface area (Å²) in [6.45, 7) is 4.50. The maximum absolute atomic E-state index is 12.8. The van der Waals surface area contributed by atoms with Crippen LogP contribution in [0.4, 0.5) is 18.9 Å². The van der Waals surface area contributed by atoms with Crippen molar-refractivity contribution in [2.45, 2.75) is 32.6 Å². The van der Waals surface area contributed by atoms with E-state index in [1.54, 1.807) is 0 Å². The summed E-state index contributed by atoms with van der Waals surface area (Å²) in [5, 5.41) is 2.54. The van der Waals surface area contributed by atoms with Crippen LogP contribution in [-0.2, 0) is 17.5 Å². The molecule has 7 heteroatoms. The molecule has 0 spiro atoms. The van der Waals surface area contributed by atoms with E-state index in [4.69, 9.17) is 11.6 Å². The number of anilines is 1. The van der Waals surface area contributed by atoms with E-state index >= 15 is 0 Å². The minimum atomic E-state index is -4.50. The van der Waals surface area contributed by atoms with Crippen LogP contribution >= 0.6 is 11.6 Å². The molecule has 1 amide bonds. The largest absolute Gasteiger partial charge is 0.416 e. The molecule has 0 aliphatic rings. The summed E-state index contributed by atoms with van der Waals surface area (Å²) in [5.74, 6) is -0.421. The van der Waals surface area contributed by atoms with E-state index in [1.165, 1.54) is 0 Å². The molecule has 2 aromatic carbocycles. The Balaban J connectivity index is 2.08. The van der Waals surface area contributed by atoms with Crippen molar-refractivity contribution in [3.8, 4) is 0 Å². The second-order valence-electron chi connectivity index (χ2n) is 6.22. The molecule has 2 rings (SSSR count). The fourth-order valence-electron chi connectivity index (χ4n) is 2.41. The predicted octanol–water partition coefficient (Wildman–Crippen LogP) is 5.21. The van der Waals surface area contributed by atoms with Crippen LogP contribution in [0.15, 0.2) is 48.5 Å². The maximum Gasteiger partial charge on any atom is 0.416 e. The lowest BCUT2D eigenvalue weighted by atomic mass is 10.2. The van der Waals surface area contributed by atoms with Gasteiger partial charge in [0.1, 0.15) is 0 Å². The Labute approximate surface area is 155 Å². The van der Waals surface area contributed by atoms with Crippen molar-refractivity contribution in [3.05, 3.63) is 64.7 Å². The summed E-state index contributed by atoms with van der Waals surface area (Å²) in [5.41, 5.74) is 0.142. The first-order valence-electron chi connectivity index (χ1n) is 8.11. The SMILES string of the molecule is CC(C)N(CC(=O)Nc1cc(C(F)(F)F)ccc1Cl)Cc1ccccc1. The number of amides is 1. The summed E-state index contributed by atoms with van der Waals surface area (Å²) in [4.78, 5) is 14.3. The van der Waals surface area contributed by atoms with E-state index in [9.17, 15) is 18.0 Å². The molecule has 0 saturated carbocycles. The average molecular weight is 385 g/mol. The van der Waals surface area contributed by atoms with E-state index in [1.807, 2.05) is 49.1 Å². The van der Waals surface area contributed by atoms with Crippen molar-refractivity contribution in [2.75, 3.05) is 11.9 Å². The quantitative estimate of drug-likeness (QED) is 0.741. The maximum atomic E-state index is 12.8. The molecule has 2 aromatic rings. The molecule has 0 saturated heterocycles. The highest BCUT2D eigenvalue weighted by molar-refractivity contribution is 6.33. The lowest BCUT2D eigenvalue weighted by Gasteiger charge is -2.26. The van der Waals surface area contributed by atoms with Gasteiger partial charge in [-0.3, -0.25) is 9.69 Å². The summed E-state index contributed by atoms with van der Waals surface area (Å²) in [6.07, 6.45) is -4.50. The molecule has 26 heavy (non-hydrogen) atoms. The highest BCUT2D eigenvalue weighted by Gasteiger charge is 2.31. The van der Waals surface area contributed by atoms with Crippen molar-refractivity contribution in [1.82, 2.24) is 4.90 Å². The Morgan fingerprint density at radius 3 is 2.38 bits per heavy atom. The van der Waals surface area contributed by atoms with Gasteiger partial charge in [-0.15, -0.1) is 0 Å². The number of nitrogens with one attached hydrogen (secondary N) is 1. The van der Waals surface area contributed by atoms with Crippen molar-refractivity contribution < 1.29 is 18.0 Å². The van der Waals surface area contributed by atoms with Gasteiger partial charge in [0.25, 0.3) is 0 Å². The number of rotatable bonds is 6. The van der Waals surface area contributed by atoms with Crippen LogP contribution in [0.3, 0.4) is 0 Å². The lowest BCUT2D eigenvalue weighted by Crippen LogP contribution is -2.37. The first-order chi connectivity index (χ1) is 12.2. The highest BCUT2D eigenvalue weighted by atomic mass is 35.5. The Bertz CT molecular complexity index is 748. The summed E-state index contributed by atoms with van der Waals surface area (Å²) in [6, 6.07) is 12.6. The van der Waals surface area contributed by atoms with Gasteiger partial charge in [0.2, 0.25) is 5.91 Å². The zero-order valence-electron chi connectivity index (χ0n) is 14.5. The van der Waals surface area contributed by atoms with Crippen LogP contribution < -0.4 is 5.32 Å². The fraction of sp³-hybridized carbons (Fsp3) is 0.316. The van der Waals surface area contributed by atoms with Crippen molar-refractivity contribution >= 4 is 23.2 Å². The zero-order chi connectivity index (χ0) is 19.3. The molecule has 0 aromatic heterocycles. The molecule has 0 unspecified atom stereocenters. The van der Waals surface area contributed by atoms with Gasteiger partial charge in [-0.2, -0.15) is 13.2 Å². The third-order valence-electron chi connectivity index (χ3n) is 3.87. The van der Waals surface area contributed by atoms with Gasteiger partial charge in [-0.1, -0.05) is 41.9 Å². The molecule has 3 nitrogen and oxygen atoms in total. The van der Waals surface area contributed by atoms with Gasteiger partial charge in [0.05, 0.1) is 22.8 Å². The minimum Gasteiger partial charge on any atom is -0.324 e. The smallest absolute Gasteiger partial charge is 0.324 e. The van der Waals surface area contributed by atoms with Crippen LogP contribution in [0, 0.1) is 0 Å². The topological polar surface area (TPSA) is 32.3 Å². The second kappa shape index (κ2) is 8.56. The summed E-state index contributed by atoms with van der Waals surface area (Å²) >= 11 is 5.92. The summed E-state index contributed by atoms with van der Waals surface area (Å²) < 4.78 is 38.5. The third kappa shape index (κ3) is 5.75. The number of benzene rings is 2. The van der Waals surface area contributed by atoms with Crippen molar-refractivity contribution in [2.24, 2.45) is 0 Å². The third-order valence-corrected chi connectivity index (χ3v) is 4.20. The molecule has 0 heterocycles. The van der Waals surface area contributed by atoms with Crippen molar-refractivity contribution in [1.29, 1.82) is 0 Å². The molecule has 0 bridgehead atoms. The van der Waals surface area contributed by atoms with Gasteiger partial charge in [-0.05, 0) is 37.6 Å². The first kappa shape index (κ1) is 20.3. The van der Waals surface area contributed by atoms with E-state index in [-0.39, 0.29) is 23.3 Å². The number of halogens is 4. The minimum absolute atomic E-state index is 0.0408. The number of alkyl halides is 3. The monoisotopic (exact) mass is 384 g/mol. The van der Waals surface area contributed by atoms with Crippen LogP contribution in [-0.4, -0.2) is 23.4 Å². The number of hydrogen-bond acceptors (Lipinski definition) is 2. The normalized spacial score (nSPS) is 11.8. The van der Waals surface area contributed by atoms with Crippen LogP contribution in [0.25, 0.3) is 0 Å². The number of carbonyl (C=O) groups is 1. The molecule has 0 atom stereocenters.